The molecule has 6 nitrogen and oxygen atoms in total. The number of alkyl carbamates (subject to hydrolysis) is 1. The van der Waals surface area contributed by atoms with Crippen molar-refractivity contribution in [2.24, 2.45) is 0 Å². The van der Waals surface area contributed by atoms with E-state index in [1.165, 1.54) is 0 Å². The van der Waals surface area contributed by atoms with Crippen LogP contribution in [0, 0.1) is 0 Å². The Hall–Kier alpha value is -2.08. The third-order valence-electron chi connectivity index (χ3n) is 3.82. The average molecular weight is 335 g/mol. The molecule has 0 spiro atoms. The number of amides is 2. The second-order valence-corrected chi connectivity index (χ2v) is 5.53. The van der Waals surface area contributed by atoms with Crippen LogP contribution in [0.1, 0.15) is 42.6 Å². The summed E-state index contributed by atoms with van der Waals surface area (Å²) in [4.78, 5) is 25.9. The molecule has 0 unspecified atom stereocenters. The van der Waals surface area contributed by atoms with Crippen molar-refractivity contribution < 1.29 is 14.3 Å². The zero-order chi connectivity index (χ0) is 17.8. The maximum atomic E-state index is 11.8. The molecule has 0 aliphatic heterocycles. The topological polar surface area (TPSA) is 70.7 Å². The van der Waals surface area contributed by atoms with Crippen LogP contribution >= 0.6 is 0 Å². The zero-order valence-electron chi connectivity index (χ0n) is 14.9. The van der Waals surface area contributed by atoms with Crippen LogP contribution in [0.5, 0.6) is 0 Å². The highest BCUT2D eigenvalue weighted by atomic mass is 16.5. The maximum absolute atomic E-state index is 11.8. The van der Waals surface area contributed by atoms with Gasteiger partial charge in [-0.2, -0.15) is 0 Å². The summed E-state index contributed by atoms with van der Waals surface area (Å²) in [5.41, 5.74) is 1.20. The molecular weight excluding hydrogens is 306 g/mol. The molecular formula is C18H29N3O3. The number of likely N-dealkylation sites (N-methyl/N-ethyl adjacent to an activating group) is 1. The number of benzene rings is 1. The van der Waals surface area contributed by atoms with Gasteiger partial charge in [-0.1, -0.05) is 38.5 Å². The van der Waals surface area contributed by atoms with E-state index >= 15 is 0 Å². The Labute approximate surface area is 144 Å². The summed E-state index contributed by atoms with van der Waals surface area (Å²) >= 11 is 0. The van der Waals surface area contributed by atoms with E-state index in [2.05, 4.69) is 29.4 Å². The molecule has 24 heavy (non-hydrogen) atoms. The maximum Gasteiger partial charge on any atom is 0.407 e. The van der Waals surface area contributed by atoms with Crippen molar-refractivity contribution in [1.29, 1.82) is 0 Å². The molecule has 0 fully saturated rings. The van der Waals surface area contributed by atoms with Crippen LogP contribution < -0.4 is 10.6 Å². The Kier molecular flexibility index (Phi) is 9.53. The molecule has 0 atom stereocenters. The number of hydrogen-bond acceptors (Lipinski definition) is 4. The first-order valence-corrected chi connectivity index (χ1v) is 8.55. The fourth-order valence-corrected chi connectivity index (χ4v) is 2.32. The van der Waals surface area contributed by atoms with Gasteiger partial charge in [-0.15, -0.1) is 0 Å². The van der Waals surface area contributed by atoms with E-state index in [9.17, 15) is 9.59 Å². The molecule has 0 aliphatic rings. The van der Waals surface area contributed by atoms with Crippen LogP contribution in [-0.4, -0.2) is 50.1 Å². The highest BCUT2D eigenvalue weighted by Crippen LogP contribution is 2.10. The molecule has 0 saturated heterocycles. The molecule has 0 aliphatic carbocycles. The first-order valence-electron chi connectivity index (χ1n) is 8.55. The van der Waals surface area contributed by atoms with Crippen LogP contribution in [0.15, 0.2) is 24.3 Å². The second-order valence-electron chi connectivity index (χ2n) is 5.53. The lowest BCUT2D eigenvalue weighted by Gasteiger charge is -2.20. The van der Waals surface area contributed by atoms with Crippen molar-refractivity contribution in [3.05, 3.63) is 35.4 Å². The Morgan fingerprint density at radius 1 is 1.17 bits per heavy atom. The van der Waals surface area contributed by atoms with E-state index in [0.29, 0.717) is 17.7 Å². The minimum Gasteiger partial charge on any atom is -0.445 e. The van der Waals surface area contributed by atoms with Gasteiger partial charge in [0.05, 0.1) is 0 Å². The van der Waals surface area contributed by atoms with Crippen LogP contribution in [0.3, 0.4) is 0 Å². The van der Waals surface area contributed by atoms with Gasteiger partial charge in [-0.05, 0) is 25.6 Å². The first kappa shape index (κ1) is 20.0. The van der Waals surface area contributed by atoms with Crippen molar-refractivity contribution in [3.63, 3.8) is 0 Å². The van der Waals surface area contributed by atoms with E-state index < -0.39 is 6.09 Å². The molecule has 1 aromatic carbocycles. The van der Waals surface area contributed by atoms with E-state index in [1.807, 2.05) is 6.07 Å². The number of carbonyl (C=O) groups is 2. The molecule has 1 rings (SSSR count). The van der Waals surface area contributed by atoms with E-state index in [0.717, 1.165) is 32.5 Å². The number of rotatable bonds is 10. The highest BCUT2D eigenvalue weighted by molar-refractivity contribution is 5.95. The third-order valence-corrected chi connectivity index (χ3v) is 3.82. The van der Waals surface area contributed by atoms with Gasteiger partial charge < -0.3 is 20.3 Å². The van der Waals surface area contributed by atoms with Gasteiger partial charge in [0.1, 0.15) is 6.61 Å². The van der Waals surface area contributed by atoms with Gasteiger partial charge in [-0.25, -0.2) is 4.79 Å². The van der Waals surface area contributed by atoms with E-state index in [-0.39, 0.29) is 12.5 Å². The first-order chi connectivity index (χ1) is 11.6. The zero-order valence-corrected chi connectivity index (χ0v) is 14.9. The number of nitrogens with one attached hydrogen (secondary N) is 2. The van der Waals surface area contributed by atoms with Gasteiger partial charge in [0.15, 0.2) is 0 Å². The molecule has 1 aromatic rings. The number of unbranched alkanes of at least 4 members (excludes halogenated alkanes) is 1. The van der Waals surface area contributed by atoms with Crippen LogP contribution in [-0.2, 0) is 11.3 Å². The number of nitrogens with zero attached hydrogens (tertiary/aromatic N) is 1. The van der Waals surface area contributed by atoms with Gasteiger partial charge in [0.25, 0.3) is 5.91 Å². The second kappa shape index (κ2) is 11.5. The average Bonchev–Trinajstić information content (AvgIpc) is 2.62. The highest BCUT2D eigenvalue weighted by Gasteiger charge is 2.11. The van der Waals surface area contributed by atoms with Crippen LogP contribution in [0.4, 0.5) is 4.79 Å². The summed E-state index contributed by atoms with van der Waals surface area (Å²) in [6.07, 6.45) is 1.86. The summed E-state index contributed by atoms with van der Waals surface area (Å²) in [7, 11) is 1.57. The molecule has 0 saturated carbocycles. The summed E-state index contributed by atoms with van der Waals surface area (Å²) in [6.45, 7) is 7.72. The number of ether oxygens (including phenoxy) is 1. The summed E-state index contributed by atoms with van der Waals surface area (Å²) in [5.74, 6) is -0.191. The molecule has 2 N–H and O–H groups in total. The van der Waals surface area contributed by atoms with Gasteiger partial charge >= 0.3 is 6.09 Å². The van der Waals surface area contributed by atoms with Crippen molar-refractivity contribution in [2.45, 2.75) is 33.3 Å². The van der Waals surface area contributed by atoms with Crippen molar-refractivity contribution in [3.8, 4) is 0 Å². The van der Waals surface area contributed by atoms with Crippen molar-refractivity contribution in [1.82, 2.24) is 15.5 Å². The normalized spacial score (nSPS) is 10.5. The summed E-state index contributed by atoms with van der Waals surface area (Å²) in [5, 5.41) is 5.33. The van der Waals surface area contributed by atoms with Gasteiger partial charge in [0, 0.05) is 31.3 Å². The monoisotopic (exact) mass is 335 g/mol. The predicted molar refractivity (Wildman–Crippen MR) is 95.0 cm³/mol. The Bertz CT molecular complexity index is 520. The van der Waals surface area contributed by atoms with Crippen molar-refractivity contribution >= 4 is 12.0 Å². The van der Waals surface area contributed by atoms with E-state index in [1.54, 1.807) is 25.2 Å². The smallest absolute Gasteiger partial charge is 0.407 e. The third kappa shape index (κ3) is 7.00. The quantitative estimate of drug-likeness (QED) is 0.689. The lowest BCUT2D eigenvalue weighted by atomic mass is 10.1. The van der Waals surface area contributed by atoms with Crippen LogP contribution in [0.2, 0.25) is 0 Å². The molecule has 0 aromatic heterocycles. The standard InChI is InChI=1S/C18H29N3O3/c1-4-6-12-21(5-2)13-11-20-18(23)24-14-15-9-7-8-10-16(15)17(22)19-3/h7-10H,4-6,11-14H2,1-3H3,(H,19,22)(H,20,23). The molecule has 0 radical (unpaired) electrons. The molecule has 0 heterocycles. The number of hydrogen-bond donors (Lipinski definition) is 2. The van der Waals surface area contributed by atoms with E-state index in [4.69, 9.17) is 4.74 Å². The van der Waals surface area contributed by atoms with Gasteiger partial charge in [-0.3, -0.25) is 4.79 Å². The fraction of sp³-hybridized carbons (Fsp3) is 0.556. The predicted octanol–water partition coefficient (Wildman–Crippen LogP) is 2.39. The Balaban J connectivity index is 2.38. The Morgan fingerprint density at radius 3 is 2.58 bits per heavy atom. The number of carbonyl (C=O) groups excluding carboxylic acids is 2. The fourth-order valence-electron chi connectivity index (χ4n) is 2.32. The van der Waals surface area contributed by atoms with Crippen LogP contribution in [0.25, 0.3) is 0 Å². The largest absolute Gasteiger partial charge is 0.445 e. The van der Waals surface area contributed by atoms with Crippen molar-refractivity contribution in [2.75, 3.05) is 33.2 Å². The molecule has 0 bridgehead atoms. The minimum absolute atomic E-state index is 0.0722. The molecule has 2 amide bonds. The molecule has 134 valence electrons. The SMILES string of the molecule is CCCCN(CC)CCNC(=O)OCc1ccccc1C(=O)NC. The lowest BCUT2D eigenvalue weighted by Crippen LogP contribution is -2.35. The van der Waals surface area contributed by atoms with Gasteiger partial charge in [0.2, 0.25) is 0 Å². The molecule has 6 heteroatoms. The Morgan fingerprint density at radius 2 is 1.92 bits per heavy atom. The summed E-state index contributed by atoms with van der Waals surface area (Å²) in [6, 6.07) is 7.09. The summed E-state index contributed by atoms with van der Waals surface area (Å²) < 4.78 is 5.21. The lowest BCUT2D eigenvalue weighted by molar-refractivity contribution is 0.0956. The minimum atomic E-state index is -0.465.